The normalized spacial score (nSPS) is 26.5. The van der Waals surface area contributed by atoms with E-state index in [1.54, 1.807) is 0 Å². The van der Waals surface area contributed by atoms with Gasteiger partial charge in [0, 0.05) is 6.42 Å². The minimum atomic E-state index is -0.256. The van der Waals surface area contributed by atoms with Crippen LogP contribution in [0, 0.1) is 0 Å². The van der Waals surface area contributed by atoms with E-state index in [-0.39, 0.29) is 24.0 Å². The molecule has 0 aromatic heterocycles. The summed E-state index contributed by atoms with van der Waals surface area (Å²) in [7, 11) is 2.72. The summed E-state index contributed by atoms with van der Waals surface area (Å²) in [5.74, 6) is -0.503. The van der Waals surface area contributed by atoms with Crippen molar-refractivity contribution in [2.75, 3.05) is 20.8 Å². The van der Waals surface area contributed by atoms with E-state index in [1.165, 1.54) is 14.2 Å². The molecule has 14 heavy (non-hydrogen) atoms. The highest BCUT2D eigenvalue weighted by atomic mass is 16.5. The minimum absolute atomic E-state index is 0.177. The fourth-order valence-electron chi connectivity index (χ4n) is 1.66. The van der Waals surface area contributed by atoms with Gasteiger partial charge in [-0.25, -0.2) is 9.59 Å². The van der Waals surface area contributed by atoms with Crippen LogP contribution in [0.3, 0.4) is 0 Å². The summed E-state index contributed by atoms with van der Waals surface area (Å²) in [5.41, 5.74) is 0. The Morgan fingerprint density at radius 2 is 2.07 bits per heavy atom. The average molecular weight is 202 g/mol. The van der Waals surface area contributed by atoms with Crippen LogP contribution < -0.4 is 4.90 Å². The minimum Gasteiger partial charge on any atom is -0.465 e. The molecule has 0 aromatic carbocycles. The largest absolute Gasteiger partial charge is 0.465 e. The van der Waals surface area contributed by atoms with Crippen molar-refractivity contribution in [1.82, 2.24) is 0 Å². The number of ether oxygens (including phenoxy) is 2. The summed E-state index contributed by atoms with van der Waals surface area (Å²) < 4.78 is 9.25. The van der Waals surface area contributed by atoms with Crippen molar-refractivity contribution in [3.63, 3.8) is 0 Å². The first kappa shape index (κ1) is 11.0. The van der Waals surface area contributed by atoms with Gasteiger partial charge in [-0.3, -0.25) is 0 Å². The summed E-state index contributed by atoms with van der Waals surface area (Å²) in [6.45, 7) is 2.57. The molecule has 5 heteroatoms. The quantitative estimate of drug-likeness (QED) is 0.439. The predicted octanol–water partition coefficient (Wildman–Crippen LogP) is -1.62. The van der Waals surface area contributed by atoms with Gasteiger partial charge in [-0.2, -0.15) is 0 Å². The Bertz CT molecular complexity index is 241. The second-order valence-corrected chi connectivity index (χ2v) is 3.34. The lowest BCUT2D eigenvalue weighted by Crippen LogP contribution is -3.01. The summed E-state index contributed by atoms with van der Waals surface area (Å²) in [5, 5.41) is 0. The zero-order chi connectivity index (χ0) is 10.7. The number of carbonyl (C=O) groups is 2. The van der Waals surface area contributed by atoms with E-state index in [9.17, 15) is 9.59 Å². The molecular formula is C9H16NO4+. The molecule has 3 atom stereocenters. The molecule has 1 fully saturated rings. The molecule has 0 bridgehead atoms. The number of nitrogens with one attached hydrogen (secondary N) is 1. The number of esters is 2. The Morgan fingerprint density at radius 3 is 2.50 bits per heavy atom. The number of quaternary nitrogens is 1. The topological polar surface area (TPSA) is 57.0 Å². The first-order valence-electron chi connectivity index (χ1n) is 4.66. The highest BCUT2D eigenvalue weighted by Crippen LogP contribution is 1.99. The van der Waals surface area contributed by atoms with Crippen molar-refractivity contribution in [2.45, 2.75) is 25.4 Å². The number of rotatable bonds is 4. The maximum Gasteiger partial charge on any atom is 0.370 e. The van der Waals surface area contributed by atoms with Crippen molar-refractivity contribution in [2.24, 2.45) is 0 Å². The zero-order valence-corrected chi connectivity index (χ0v) is 8.70. The second-order valence-electron chi connectivity index (χ2n) is 3.34. The zero-order valence-electron chi connectivity index (χ0n) is 8.70. The molecule has 0 saturated carbocycles. The van der Waals surface area contributed by atoms with Gasteiger partial charge < -0.3 is 14.4 Å². The maximum absolute atomic E-state index is 11.3. The SMILES string of the molecule is CC[C@H](C(=O)OC)[NH+]1C[C@@H]1C(=O)OC. The van der Waals surface area contributed by atoms with Gasteiger partial charge in [0.05, 0.1) is 14.2 Å². The van der Waals surface area contributed by atoms with Gasteiger partial charge in [0.2, 0.25) is 6.04 Å². The van der Waals surface area contributed by atoms with E-state index in [0.29, 0.717) is 13.0 Å². The van der Waals surface area contributed by atoms with Crippen LogP contribution >= 0.6 is 0 Å². The molecule has 0 aromatic rings. The van der Waals surface area contributed by atoms with Gasteiger partial charge >= 0.3 is 11.9 Å². The molecule has 0 spiro atoms. The standard InChI is InChI=1S/C9H15NO4/c1-4-6(8(11)13-2)10-5-7(10)9(12)14-3/h6-7H,4-5H2,1-3H3/p+1/t6-,7-,10?/m1/s1. The molecule has 1 aliphatic rings. The summed E-state index contributed by atoms with van der Waals surface area (Å²) >= 11 is 0. The van der Waals surface area contributed by atoms with E-state index >= 15 is 0 Å². The summed E-state index contributed by atoms with van der Waals surface area (Å²) in [6.07, 6.45) is 0.676. The van der Waals surface area contributed by atoms with Crippen molar-refractivity contribution in [1.29, 1.82) is 0 Å². The third-order valence-corrected chi connectivity index (χ3v) is 2.55. The molecule has 1 heterocycles. The second kappa shape index (κ2) is 4.41. The molecule has 0 aliphatic carbocycles. The first-order valence-corrected chi connectivity index (χ1v) is 4.66. The van der Waals surface area contributed by atoms with Crippen LogP contribution in [-0.4, -0.2) is 44.8 Å². The van der Waals surface area contributed by atoms with Crippen LogP contribution in [0.4, 0.5) is 0 Å². The molecule has 5 nitrogen and oxygen atoms in total. The highest BCUT2D eigenvalue weighted by Gasteiger charge is 2.54. The van der Waals surface area contributed by atoms with Crippen LogP contribution in [0.1, 0.15) is 13.3 Å². The molecule has 1 N–H and O–H groups in total. The van der Waals surface area contributed by atoms with Crippen molar-refractivity contribution < 1.29 is 24.0 Å². The van der Waals surface area contributed by atoms with Crippen LogP contribution in [0.25, 0.3) is 0 Å². The fourth-order valence-corrected chi connectivity index (χ4v) is 1.66. The first-order chi connectivity index (χ1) is 6.65. The lowest BCUT2D eigenvalue weighted by atomic mass is 10.2. The number of carbonyl (C=O) groups excluding carboxylic acids is 2. The summed E-state index contributed by atoms with van der Waals surface area (Å²) in [4.78, 5) is 23.4. The monoisotopic (exact) mass is 202 g/mol. The van der Waals surface area contributed by atoms with Crippen LogP contribution in [-0.2, 0) is 19.1 Å². The van der Waals surface area contributed by atoms with E-state index in [2.05, 4.69) is 9.47 Å². The predicted molar refractivity (Wildman–Crippen MR) is 47.7 cm³/mol. The molecule has 0 amide bonds. The van der Waals surface area contributed by atoms with Crippen LogP contribution in [0.5, 0.6) is 0 Å². The van der Waals surface area contributed by atoms with E-state index < -0.39 is 0 Å². The Kier molecular flexibility index (Phi) is 3.46. The van der Waals surface area contributed by atoms with E-state index in [0.717, 1.165) is 4.90 Å². The Hall–Kier alpha value is -1.10. The molecule has 1 aliphatic heterocycles. The third kappa shape index (κ3) is 2.04. The van der Waals surface area contributed by atoms with Crippen molar-refractivity contribution in [3.05, 3.63) is 0 Å². The maximum atomic E-state index is 11.3. The number of methoxy groups -OCH3 is 2. The molecular weight excluding hydrogens is 186 g/mol. The Balaban J connectivity index is 2.50. The fraction of sp³-hybridized carbons (Fsp3) is 0.778. The summed E-state index contributed by atoms with van der Waals surface area (Å²) in [6, 6.07) is -0.409. The highest BCUT2D eigenvalue weighted by molar-refractivity contribution is 5.78. The third-order valence-electron chi connectivity index (χ3n) is 2.55. The van der Waals surface area contributed by atoms with Crippen molar-refractivity contribution >= 4 is 11.9 Å². The van der Waals surface area contributed by atoms with Gasteiger partial charge in [0.15, 0.2) is 6.04 Å². The van der Waals surface area contributed by atoms with Gasteiger partial charge in [0.1, 0.15) is 6.54 Å². The van der Waals surface area contributed by atoms with Crippen LogP contribution in [0.15, 0.2) is 0 Å². The molecule has 1 saturated heterocycles. The molecule has 1 rings (SSSR count). The van der Waals surface area contributed by atoms with E-state index in [4.69, 9.17) is 0 Å². The average Bonchev–Trinajstić information content (AvgIpc) is 2.97. The molecule has 1 unspecified atom stereocenters. The smallest absolute Gasteiger partial charge is 0.370 e. The lowest BCUT2D eigenvalue weighted by Gasteiger charge is -2.10. The van der Waals surface area contributed by atoms with E-state index in [1.807, 2.05) is 6.92 Å². The molecule has 80 valence electrons. The van der Waals surface area contributed by atoms with Crippen LogP contribution in [0.2, 0.25) is 0 Å². The van der Waals surface area contributed by atoms with Gasteiger partial charge in [-0.1, -0.05) is 6.92 Å². The Labute approximate surface area is 83.0 Å². The van der Waals surface area contributed by atoms with Gasteiger partial charge in [0.25, 0.3) is 0 Å². The van der Waals surface area contributed by atoms with Crippen molar-refractivity contribution in [3.8, 4) is 0 Å². The molecule has 0 radical (unpaired) electrons. The van der Waals surface area contributed by atoms with Gasteiger partial charge in [-0.05, 0) is 0 Å². The number of hydrogen-bond donors (Lipinski definition) is 1. The van der Waals surface area contributed by atoms with Gasteiger partial charge in [-0.15, -0.1) is 0 Å². The Morgan fingerprint density at radius 1 is 1.43 bits per heavy atom. The number of hydrogen-bond acceptors (Lipinski definition) is 4. The lowest BCUT2D eigenvalue weighted by molar-refractivity contribution is -0.790.